The van der Waals surface area contributed by atoms with Crippen molar-refractivity contribution in [1.82, 2.24) is 19.9 Å². The van der Waals surface area contributed by atoms with Crippen molar-refractivity contribution in [3.8, 4) is 5.75 Å². The number of pyridine rings is 1. The van der Waals surface area contributed by atoms with Crippen LogP contribution in [-0.2, 0) is 22.4 Å². The molecular formula is C29H28F6N4O4S. The summed E-state index contributed by atoms with van der Waals surface area (Å²) >= 11 is 0. The third-order valence-electron chi connectivity index (χ3n) is 8.24. The Bertz CT molecular complexity index is 1660. The van der Waals surface area contributed by atoms with E-state index in [1.807, 2.05) is 6.08 Å². The first-order chi connectivity index (χ1) is 20.6. The van der Waals surface area contributed by atoms with Crippen molar-refractivity contribution in [2.24, 2.45) is 11.8 Å². The smallest absolute Gasteiger partial charge is 0.416 e. The first-order valence-corrected chi connectivity index (χ1v) is 15.0. The van der Waals surface area contributed by atoms with Crippen molar-refractivity contribution in [2.45, 2.75) is 42.2 Å². The summed E-state index contributed by atoms with van der Waals surface area (Å²) in [6.45, 7) is 5.26. The number of fused-ring (bicyclic) bond motifs is 4. The monoisotopic (exact) mass is 642 g/mol. The minimum atomic E-state index is -5.28. The number of carbonyl (C=O) groups is 1. The quantitative estimate of drug-likeness (QED) is 0.246. The summed E-state index contributed by atoms with van der Waals surface area (Å²) < 4.78 is 113. The number of aromatic nitrogens is 1. The summed E-state index contributed by atoms with van der Waals surface area (Å²) in [4.78, 5) is 18.4. The molecule has 6 rings (SSSR count). The normalized spacial score (nSPS) is 22.8. The highest BCUT2D eigenvalue weighted by Gasteiger charge is 2.44. The molecule has 44 heavy (non-hydrogen) atoms. The summed E-state index contributed by atoms with van der Waals surface area (Å²) in [7, 11) is -3.70. The minimum Gasteiger partial charge on any atom is -0.497 e. The topological polar surface area (TPSA) is 101 Å². The van der Waals surface area contributed by atoms with Gasteiger partial charge in [0.1, 0.15) is 5.75 Å². The number of carbonyl (C=O) groups excluding carboxylic acids is 1. The van der Waals surface area contributed by atoms with Crippen LogP contribution in [0, 0.1) is 11.8 Å². The van der Waals surface area contributed by atoms with Gasteiger partial charge in [0, 0.05) is 24.2 Å². The number of methoxy groups -OCH3 is 1. The molecule has 0 spiro atoms. The standard InChI is InChI=1S/C29H28F6N4O4S/c1-3-16-15-39-9-7-17(16)10-25(39)26(22-6-8-36-24-5-4-20(43-2)14-23(22)24)37-27(40)38-44(41,42)21-12-18(28(30,31)32)11-19(13-21)29(33,34)35/h3-6,8,11-14,16-17,25-26H,1,7,9-10,15H2,2H3,(H2,37,38,40)/t16-,17-,25-,26-/m0/s1. The number of benzene rings is 2. The summed E-state index contributed by atoms with van der Waals surface area (Å²) in [6.07, 6.45) is -5.64. The van der Waals surface area contributed by atoms with Gasteiger partial charge in [0.05, 0.1) is 34.7 Å². The van der Waals surface area contributed by atoms with Gasteiger partial charge in [-0.15, -0.1) is 6.58 Å². The molecule has 15 heteroatoms. The molecule has 0 saturated carbocycles. The summed E-state index contributed by atoms with van der Waals surface area (Å²) in [5.74, 6) is 0.958. The number of urea groups is 1. The number of alkyl halides is 6. The number of nitrogens with zero attached hydrogens (tertiary/aromatic N) is 2. The maximum Gasteiger partial charge on any atom is 0.416 e. The molecule has 3 aromatic rings. The first-order valence-electron chi connectivity index (χ1n) is 13.5. The van der Waals surface area contributed by atoms with Crippen LogP contribution in [-0.4, -0.2) is 50.6 Å². The van der Waals surface area contributed by atoms with Crippen LogP contribution in [0.15, 0.2) is 66.2 Å². The molecule has 0 aliphatic carbocycles. The number of nitrogens with one attached hydrogen (secondary N) is 2. The van der Waals surface area contributed by atoms with E-state index in [1.54, 1.807) is 29.0 Å². The highest BCUT2D eigenvalue weighted by molar-refractivity contribution is 7.90. The molecule has 1 aromatic heterocycles. The van der Waals surface area contributed by atoms with E-state index in [-0.39, 0.29) is 36.1 Å². The molecule has 3 saturated heterocycles. The summed E-state index contributed by atoms with van der Waals surface area (Å²) in [5, 5.41) is 3.26. The van der Waals surface area contributed by atoms with E-state index in [4.69, 9.17) is 4.74 Å². The van der Waals surface area contributed by atoms with Gasteiger partial charge in [-0.1, -0.05) is 6.08 Å². The van der Waals surface area contributed by atoms with Crippen molar-refractivity contribution >= 4 is 27.0 Å². The zero-order valence-corrected chi connectivity index (χ0v) is 24.1. The van der Waals surface area contributed by atoms with Gasteiger partial charge in [-0.2, -0.15) is 26.3 Å². The van der Waals surface area contributed by atoms with Gasteiger partial charge < -0.3 is 10.1 Å². The molecule has 4 heterocycles. The Labute approximate surface area is 249 Å². The van der Waals surface area contributed by atoms with Crippen molar-refractivity contribution in [1.29, 1.82) is 0 Å². The number of sulfonamides is 1. The number of amides is 2. The maximum absolute atomic E-state index is 13.4. The fourth-order valence-electron chi connectivity index (χ4n) is 6.08. The fourth-order valence-corrected chi connectivity index (χ4v) is 7.07. The fraction of sp³-hybridized carbons (Fsp3) is 0.379. The van der Waals surface area contributed by atoms with E-state index in [0.717, 1.165) is 6.42 Å². The van der Waals surface area contributed by atoms with E-state index < -0.39 is 50.5 Å². The maximum atomic E-state index is 13.4. The van der Waals surface area contributed by atoms with Crippen LogP contribution in [0.2, 0.25) is 0 Å². The lowest BCUT2D eigenvalue weighted by Gasteiger charge is -2.51. The average molecular weight is 643 g/mol. The second kappa shape index (κ2) is 11.6. The molecule has 8 nitrogen and oxygen atoms in total. The lowest BCUT2D eigenvalue weighted by molar-refractivity contribution is -0.143. The zero-order valence-electron chi connectivity index (χ0n) is 23.2. The van der Waals surface area contributed by atoms with Crippen LogP contribution >= 0.6 is 0 Å². The Morgan fingerprint density at radius 1 is 1.09 bits per heavy atom. The molecule has 2 aromatic carbocycles. The van der Waals surface area contributed by atoms with Crippen LogP contribution < -0.4 is 14.8 Å². The molecule has 236 valence electrons. The van der Waals surface area contributed by atoms with Crippen LogP contribution in [0.1, 0.15) is 35.6 Å². The summed E-state index contributed by atoms with van der Waals surface area (Å²) in [5.41, 5.74) is -2.52. The van der Waals surface area contributed by atoms with Crippen molar-refractivity contribution in [3.63, 3.8) is 0 Å². The molecule has 5 atom stereocenters. The Kier molecular flexibility index (Phi) is 8.31. The van der Waals surface area contributed by atoms with E-state index >= 15 is 0 Å². The van der Waals surface area contributed by atoms with Crippen molar-refractivity contribution < 1.29 is 44.3 Å². The van der Waals surface area contributed by atoms with E-state index in [0.29, 0.717) is 41.7 Å². The van der Waals surface area contributed by atoms with E-state index in [9.17, 15) is 39.6 Å². The van der Waals surface area contributed by atoms with Gasteiger partial charge in [-0.25, -0.2) is 17.9 Å². The number of ether oxygens (including phenoxy) is 1. The van der Waals surface area contributed by atoms with Gasteiger partial charge in [0.2, 0.25) is 0 Å². The molecule has 2 amide bonds. The Morgan fingerprint density at radius 3 is 2.34 bits per heavy atom. The molecule has 0 radical (unpaired) electrons. The SMILES string of the molecule is C=C[C@H]1CN2CC[C@H]1C[C@H]2[C@@H](NC(=O)NS(=O)(=O)c1cc(C(F)(F)F)cc(C(F)(F)F)c1)c1ccnc2ccc(OC)cc12. The lowest BCUT2D eigenvalue weighted by Crippen LogP contribution is -2.58. The van der Waals surface area contributed by atoms with Gasteiger partial charge >= 0.3 is 18.4 Å². The van der Waals surface area contributed by atoms with Gasteiger partial charge in [0.15, 0.2) is 0 Å². The molecule has 2 N–H and O–H groups in total. The molecule has 1 unspecified atom stereocenters. The lowest BCUT2D eigenvalue weighted by atomic mass is 9.73. The van der Waals surface area contributed by atoms with Gasteiger partial charge in [-0.05, 0) is 79.3 Å². The predicted octanol–water partition coefficient (Wildman–Crippen LogP) is 5.91. The van der Waals surface area contributed by atoms with Crippen LogP contribution in [0.3, 0.4) is 0 Å². The predicted molar refractivity (Wildman–Crippen MR) is 148 cm³/mol. The van der Waals surface area contributed by atoms with Crippen LogP contribution in [0.5, 0.6) is 5.75 Å². The largest absolute Gasteiger partial charge is 0.497 e. The van der Waals surface area contributed by atoms with Gasteiger partial charge in [0.25, 0.3) is 10.0 Å². The van der Waals surface area contributed by atoms with E-state index in [1.165, 1.54) is 13.3 Å². The molecular weight excluding hydrogens is 614 g/mol. The van der Waals surface area contributed by atoms with Crippen LogP contribution in [0.25, 0.3) is 10.9 Å². The number of rotatable bonds is 7. The Balaban J connectivity index is 1.51. The third-order valence-corrected chi connectivity index (χ3v) is 9.55. The summed E-state index contributed by atoms with van der Waals surface area (Å²) in [6, 6.07) is 4.21. The number of hydrogen-bond donors (Lipinski definition) is 2. The Hall–Kier alpha value is -3.85. The first kappa shape index (κ1) is 31.6. The van der Waals surface area contributed by atoms with Gasteiger partial charge in [-0.3, -0.25) is 9.88 Å². The van der Waals surface area contributed by atoms with E-state index in [2.05, 4.69) is 21.8 Å². The Morgan fingerprint density at radius 2 is 1.77 bits per heavy atom. The third kappa shape index (κ3) is 6.34. The number of piperidine rings is 3. The highest BCUT2D eigenvalue weighted by Crippen LogP contribution is 2.43. The number of hydrogen-bond acceptors (Lipinski definition) is 6. The molecule has 3 aliphatic heterocycles. The van der Waals surface area contributed by atoms with Crippen LogP contribution in [0.4, 0.5) is 31.1 Å². The van der Waals surface area contributed by atoms with Crippen molar-refractivity contribution in [2.75, 3.05) is 20.2 Å². The molecule has 2 bridgehead atoms. The second-order valence-electron chi connectivity index (χ2n) is 10.8. The zero-order chi connectivity index (χ0) is 32.0. The second-order valence-corrected chi connectivity index (χ2v) is 12.5. The highest BCUT2D eigenvalue weighted by atomic mass is 32.2. The molecule has 3 aliphatic rings. The molecule has 3 fully saturated rings. The number of halogens is 6. The average Bonchev–Trinajstić information content (AvgIpc) is 2.98. The van der Waals surface area contributed by atoms with Crippen molar-refractivity contribution in [3.05, 3.63) is 78.0 Å². The minimum absolute atomic E-state index is 0.0478.